The number of hydrogen-bond donors (Lipinski definition) is 1. The largest absolute Gasteiger partial charge is 0.459 e. The molecule has 1 atom stereocenters. The molecule has 4 rings (SSSR count). The van der Waals surface area contributed by atoms with E-state index in [0.29, 0.717) is 18.1 Å². The summed E-state index contributed by atoms with van der Waals surface area (Å²) in [5.41, 5.74) is 2.22. The molecule has 0 bridgehead atoms. The van der Waals surface area contributed by atoms with Gasteiger partial charge in [-0.25, -0.2) is 0 Å². The van der Waals surface area contributed by atoms with Crippen molar-refractivity contribution in [3.63, 3.8) is 0 Å². The van der Waals surface area contributed by atoms with Crippen LogP contribution in [-0.4, -0.2) is 28.5 Å². The van der Waals surface area contributed by atoms with Crippen LogP contribution >= 0.6 is 11.6 Å². The highest BCUT2D eigenvalue weighted by molar-refractivity contribution is 6.30. The Morgan fingerprint density at radius 1 is 1.19 bits per heavy atom. The predicted molar refractivity (Wildman–Crippen MR) is 105 cm³/mol. The zero-order valence-electron chi connectivity index (χ0n) is 15.2. The lowest BCUT2D eigenvalue weighted by Crippen LogP contribution is -2.42. The second-order valence-electron chi connectivity index (χ2n) is 6.82. The Bertz CT molecular complexity index is 929. The van der Waals surface area contributed by atoms with Crippen LogP contribution in [0.3, 0.4) is 0 Å². The second kappa shape index (κ2) is 7.62. The van der Waals surface area contributed by atoms with Crippen LogP contribution in [0.2, 0.25) is 5.02 Å². The van der Waals surface area contributed by atoms with Gasteiger partial charge in [0.25, 0.3) is 0 Å². The predicted octanol–water partition coefficient (Wildman–Crippen LogP) is 4.09. The highest BCUT2D eigenvalue weighted by Crippen LogP contribution is 2.25. The average molecular weight is 384 g/mol. The van der Waals surface area contributed by atoms with Crippen molar-refractivity contribution >= 4 is 17.5 Å². The van der Waals surface area contributed by atoms with Crippen LogP contribution in [0.1, 0.15) is 24.4 Å². The maximum Gasteiger partial charge on any atom is 0.234 e. The Morgan fingerprint density at radius 3 is 2.81 bits per heavy atom. The summed E-state index contributed by atoms with van der Waals surface area (Å²) in [5.74, 6) is 1.50. The summed E-state index contributed by atoms with van der Waals surface area (Å²) in [6, 6.07) is 15.7. The molecular formula is C21H22ClN3O2. The van der Waals surface area contributed by atoms with Crippen LogP contribution in [0, 0.1) is 0 Å². The minimum absolute atomic E-state index is 0.00583. The molecule has 0 saturated heterocycles. The molecule has 1 aliphatic rings. The number of hydrogen-bond acceptors (Lipinski definition) is 3. The molecule has 0 spiro atoms. The fourth-order valence-electron chi connectivity index (χ4n) is 3.51. The second-order valence-corrected chi connectivity index (χ2v) is 7.26. The van der Waals surface area contributed by atoms with Gasteiger partial charge in [-0.3, -0.25) is 9.69 Å². The summed E-state index contributed by atoms with van der Waals surface area (Å²) >= 11 is 5.92. The van der Waals surface area contributed by atoms with Crippen LogP contribution in [-0.2, 0) is 17.9 Å². The van der Waals surface area contributed by atoms with E-state index >= 15 is 0 Å². The van der Waals surface area contributed by atoms with Crippen molar-refractivity contribution in [3.05, 3.63) is 71.2 Å². The number of fused-ring (bicyclic) bond motifs is 1. The molecule has 3 heterocycles. The van der Waals surface area contributed by atoms with E-state index in [4.69, 9.17) is 16.0 Å². The fourth-order valence-corrected chi connectivity index (χ4v) is 3.64. The van der Waals surface area contributed by atoms with Crippen molar-refractivity contribution < 1.29 is 9.21 Å². The van der Waals surface area contributed by atoms with E-state index in [1.807, 2.05) is 36.4 Å². The van der Waals surface area contributed by atoms with Gasteiger partial charge in [0, 0.05) is 41.6 Å². The van der Waals surface area contributed by atoms with Gasteiger partial charge in [0.1, 0.15) is 11.5 Å². The molecule has 1 unspecified atom stereocenters. The Kier molecular flexibility index (Phi) is 5.05. The van der Waals surface area contributed by atoms with Crippen molar-refractivity contribution in [2.24, 2.45) is 0 Å². The first kappa shape index (κ1) is 17.9. The molecule has 6 heteroatoms. The quantitative estimate of drug-likeness (QED) is 0.721. The van der Waals surface area contributed by atoms with Gasteiger partial charge in [-0.15, -0.1) is 0 Å². The topological polar surface area (TPSA) is 50.4 Å². The first-order valence-electron chi connectivity index (χ1n) is 9.10. The summed E-state index contributed by atoms with van der Waals surface area (Å²) in [5, 5.41) is 3.65. The number of benzene rings is 1. The third kappa shape index (κ3) is 3.94. The van der Waals surface area contributed by atoms with Gasteiger partial charge >= 0.3 is 0 Å². The number of aromatic nitrogens is 1. The normalized spacial score (nSPS) is 16.9. The number of nitrogens with one attached hydrogen (secondary N) is 1. The highest BCUT2D eigenvalue weighted by atomic mass is 35.5. The van der Waals surface area contributed by atoms with E-state index in [1.165, 1.54) is 5.69 Å². The van der Waals surface area contributed by atoms with Crippen LogP contribution < -0.4 is 5.32 Å². The fraction of sp³-hybridized carbons (Fsp3) is 0.286. The molecule has 0 aliphatic carbocycles. The Morgan fingerprint density at radius 2 is 2.00 bits per heavy atom. The molecule has 0 radical (unpaired) electrons. The van der Waals surface area contributed by atoms with Gasteiger partial charge in [-0.2, -0.15) is 0 Å². The minimum atomic E-state index is 0.00583. The molecule has 1 amide bonds. The molecular weight excluding hydrogens is 362 g/mol. The number of halogens is 1. The smallest absolute Gasteiger partial charge is 0.234 e. The Balaban J connectivity index is 1.32. The first-order chi connectivity index (χ1) is 13.1. The SMILES string of the molecule is CC1c2cccn2CCN1CC(=O)NCc1ccc(-c2ccc(Cl)cc2)o1. The molecule has 140 valence electrons. The highest BCUT2D eigenvalue weighted by Gasteiger charge is 2.24. The number of furan rings is 1. The summed E-state index contributed by atoms with van der Waals surface area (Å²) in [6.45, 7) is 4.70. The lowest BCUT2D eigenvalue weighted by molar-refractivity contribution is -0.123. The molecule has 1 aliphatic heterocycles. The Hall–Kier alpha value is -2.50. The monoisotopic (exact) mass is 383 g/mol. The number of carbonyl (C=O) groups excluding carboxylic acids is 1. The molecule has 1 aromatic carbocycles. The average Bonchev–Trinajstić information content (AvgIpc) is 3.33. The zero-order valence-corrected chi connectivity index (χ0v) is 15.9. The molecule has 5 nitrogen and oxygen atoms in total. The standard InChI is InChI=1S/C21H22ClN3O2/c1-15-19-3-2-10-24(19)11-12-25(15)14-21(26)23-13-18-8-9-20(27-18)16-4-6-17(22)7-5-16/h2-10,15H,11-14H2,1H3,(H,23,26). The third-order valence-corrected chi connectivity index (χ3v) is 5.32. The number of amides is 1. The lowest BCUT2D eigenvalue weighted by Gasteiger charge is -2.34. The van der Waals surface area contributed by atoms with Crippen molar-refractivity contribution in [2.45, 2.75) is 26.1 Å². The third-order valence-electron chi connectivity index (χ3n) is 5.07. The maximum atomic E-state index is 12.4. The molecule has 0 saturated carbocycles. The number of nitrogens with zero attached hydrogens (tertiary/aromatic N) is 2. The molecule has 0 fully saturated rings. The summed E-state index contributed by atoms with van der Waals surface area (Å²) in [6.07, 6.45) is 2.10. The molecule has 27 heavy (non-hydrogen) atoms. The van der Waals surface area contributed by atoms with Crippen molar-refractivity contribution in [1.29, 1.82) is 0 Å². The van der Waals surface area contributed by atoms with E-state index in [2.05, 4.69) is 40.0 Å². The zero-order chi connectivity index (χ0) is 18.8. The molecule has 2 aromatic heterocycles. The van der Waals surface area contributed by atoms with Gasteiger partial charge in [-0.05, 0) is 55.5 Å². The van der Waals surface area contributed by atoms with Crippen LogP contribution in [0.4, 0.5) is 0 Å². The van der Waals surface area contributed by atoms with Crippen LogP contribution in [0.25, 0.3) is 11.3 Å². The van der Waals surface area contributed by atoms with Gasteiger partial charge < -0.3 is 14.3 Å². The first-order valence-corrected chi connectivity index (χ1v) is 9.48. The summed E-state index contributed by atoms with van der Waals surface area (Å²) in [4.78, 5) is 14.6. The van der Waals surface area contributed by atoms with Crippen molar-refractivity contribution in [1.82, 2.24) is 14.8 Å². The minimum Gasteiger partial charge on any atom is -0.459 e. The van der Waals surface area contributed by atoms with Gasteiger partial charge in [0.15, 0.2) is 0 Å². The lowest BCUT2D eigenvalue weighted by atomic mass is 10.1. The molecule has 1 N–H and O–H groups in total. The number of carbonyl (C=O) groups is 1. The number of rotatable bonds is 5. The van der Waals surface area contributed by atoms with E-state index in [0.717, 1.165) is 30.2 Å². The van der Waals surface area contributed by atoms with Crippen LogP contribution in [0.15, 0.2) is 59.1 Å². The maximum absolute atomic E-state index is 12.4. The van der Waals surface area contributed by atoms with Crippen LogP contribution in [0.5, 0.6) is 0 Å². The van der Waals surface area contributed by atoms with E-state index in [1.54, 1.807) is 0 Å². The van der Waals surface area contributed by atoms with E-state index in [9.17, 15) is 4.79 Å². The molecule has 3 aromatic rings. The summed E-state index contributed by atoms with van der Waals surface area (Å²) < 4.78 is 8.08. The van der Waals surface area contributed by atoms with Gasteiger partial charge in [0.2, 0.25) is 5.91 Å². The van der Waals surface area contributed by atoms with Crippen molar-refractivity contribution in [3.8, 4) is 11.3 Å². The van der Waals surface area contributed by atoms with Gasteiger partial charge in [0.05, 0.1) is 13.1 Å². The Labute approximate surface area is 163 Å². The van der Waals surface area contributed by atoms with Crippen molar-refractivity contribution in [2.75, 3.05) is 13.1 Å². The summed E-state index contributed by atoms with van der Waals surface area (Å²) in [7, 11) is 0. The van der Waals surface area contributed by atoms with E-state index in [-0.39, 0.29) is 11.9 Å². The van der Waals surface area contributed by atoms with Gasteiger partial charge in [-0.1, -0.05) is 11.6 Å². The van der Waals surface area contributed by atoms with E-state index < -0.39 is 0 Å².